The Morgan fingerprint density at radius 2 is 1.94 bits per heavy atom. The van der Waals surface area contributed by atoms with Gasteiger partial charge in [-0.05, 0) is 56.8 Å². The van der Waals surface area contributed by atoms with Gasteiger partial charge in [-0.25, -0.2) is 0 Å². The highest BCUT2D eigenvalue weighted by Crippen LogP contribution is 2.45. The Hall–Kier alpha value is -0.120. The molecule has 2 saturated heterocycles. The van der Waals surface area contributed by atoms with Crippen molar-refractivity contribution in [2.24, 2.45) is 17.6 Å². The van der Waals surface area contributed by atoms with Gasteiger partial charge in [0.25, 0.3) is 0 Å². The lowest BCUT2D eigenvalue weighted by Gasteiger charge is -2.49. The van der Waals surface area contributed by atoms with E-state index in [-0.39, 0.29) is 5.60 Å². The molecule has 3 unspecified atom stereocenters. The Kier molecular flexibility index (Phi) is 3.42. The van der Waals surface area contributed by atoms with Crippen molar-refractivity contribution in [3.63, 3.8) is 0 Å². The molecule has 0 radical (unpaired) electrons. The van der Waals surface area contributed by atoms with E-state index in [4.69, 9.17) is 15.2 Å². The van der Waals surface area contributed by atoms with E-state index in [1.165, 1.54) is 38.5 Å². The topological polar surface area (TPSA) is 44.5 Å². The first kappa shape index (κ1) is 11.9. The third kappa shape index (κ3) is 2.38. The summed E-state index contributed by atoms with van der Waals surface area (Å²) in [7, 11) is 0. The van der Waals surface area contributed by atoms with Crippen LogP contribution in [0.15, 0.2) is 0 Å². The summed E-state index contributed by atoms with van der Waals surface area (Å²) in [6.45, 7) is 2.73. The van der Waals surface area contributed by atoms with Crippen molar-refractivity contribution >= 4 is 0 Å². The Morgan fingerprint density at radius 3 is 2.59 bits per heavy atom. The Labute approximate surface area is 104 Å². The largest absolute Gasteiger partial charge is 0.381 e. The van der Waals surface area contributed by atoms with E-state index in [0.717, 1.165) is 26.2 Å². The van der Waals surface area contributed by atoms with Gasteiger partial charge in [-0.2, -0.15) is 0 Å². The quantitative estimate of drug-likeness (QED) is 0.802. The molecule has 2 aliphatic heterocycles. The predicted octanol–water partition coefficient (Wildman–Crippen LogP) is 2.09. The zero-order valence-corrected chi connectivity index (χ0v) is 10.7. The maximum absolute atomic E-state index is 6.49. The lowest BCUT2D eigenvalue weighted by Crippen LogP contribution is -2.51. The van der Waals surface area contributed by atoms with Crippen LogP contribution < -0.4 is 5.73 Å². The molecule has 1 saturated carbocycles. The van der Waals surface area contributed by atoms with Gasteiger partial charge < -0.3 is 15.2 Å². The Morgan fingerprint density at radius 1 is 1.06 bits per heavy atom. The molecule has 3 nitrogen and oxygen atoms in total. The number of hydrogen-bond donors (Lipinski definition) is 1. The Balaban J connectivity index is 1.58. The lowest BCUT2D eigenvalue weighted by atomic mass is 9.68. The van der Waals surface area contributed by atoms with E-state index in [1.54, 1.807) is 0 Å². The highest BCUT2D eigenvalue weighted by Gasteiger charge is 2.44. The van der Waals surface area contributed by atoms with E-state index in [1.807, 2.05) is 0 Å². The molecule has 3 heteroatoms. The van der Waals surface area contributed by atoms with Gasteiger partial charge in [0.15, 0.2) is 0 Å². The number of rotatable bonds is 2. The number of nitrogens with two attached hydrogens (primary N) is 1. The van der Waals surface area contributed by atoms with E-state index < -0.39 is 0 Å². The zero-order valence-electron chi connectivity index (χ0n) is 10.7. The van der Waals surface area contributed by atoms with E-state index in [0.29, 0.717) is 17.9 Å². The molecule has 98 valence electrons. The van der Waals surface area contributed by atoms with Crippen LogP contribution in [0.1, 0.15) is 44.9 Å². The molecular formula is C14H25NO2. The van der Waals surface area contributed by atoms with Gasteiger partial charge in [-0.1, -0.05) is 0 Å². The first-order chi connectivity index (χ1) is 8.29. The van der Waals surface area contributed by atoms with E-state index in [2.05, 4.69) is 0 Å². The molecule has 3 aliphatic rings. The van der Waals surface area contributed by atoms with Crippen molar-refractivity contribution in [3.8, 4) is 0 Å². The van der Waals surface area contributed by atoms with Crippen molar-refractivity contribution < 1.29 is 9.47 Å². The van der Waals surface area contributed by atoms with Crippen LogP contribution in [-0.2, 0) is 9.47 Å². The average Bonchev–Trinajstić information content (AvgIpc) is 2.37. The molecule has 17 heavy (non-hydrogen) atoms. The van der Waals surface area contributed by atoms with Crippen LogP contribution in [0.2, 0.25) is 0 Å². The van der Waals surface area contributed by atoms with Gasteiger partial charge in [0.1, 0.15) is 0 Å². The molecule has 3 atom stereocenters. The van der Waals surface area contributed by atoms with Gasteiger partial charge in [0.05, 0.1) is 12.2 Å². The molecule has 0 aromatic carbocycles. The molecule has 0 aromatic rings. The minimum Gasteiger partial charge on any atom is -0.381 e. The summed E-state index contributed by atoms with van der Waals surface area (Å²) in [5.74, 6) is 1.25. The minimum atomic E-state index is 0.232. The van der Waals surface area contributed by atoms with E-state index in [9.17, 15) is 0 Å². The summed E-state index contributed by atoms with van der Waals surface area (Å²) >= 11 is 0. The Bertz CT molecular complexity index is 259. The van der Waals surface area contributed by atoms with Crippen molar-refractivity contribution in [2.75, 3.05) is 19.8 Å². The summed E-state index contributed by atoms with van der Waals surface area (Å²) < 4.78 is 11.6. The molecule has 3 fully saturated rings. The van der Waals surface area contributed by atoms with Crippen LogP contribution >= 0.6 is 0 Å². The number of ether oxygens (including phenoxy) is 2. The van der Waals surface area contributed by atoms with Crippen LogP contribution in [0.4, 0.5) is 0 Å². The van der Waals surface area contributed by atoms with Gasteiger partial charge >= 0.3 is 0 Å². The normalized spacial score (nSPS) is 38.6. The summed E-state index contributed by atoms with van der Waals surface area (Å²) in [6, 6.07) is 0.330. The maximum Gasteiger partial charge on any atom is 0.0685 e. The average molecular weight is 239 g/mol. The van der Waals surface area contributed by atoms with E-state index >= 15 is 0 Å². The summed E-state index contributed by atoms with van der Waals surface area (Å²) in [4.78, 5) is 0. The molecule has 2 N–H and O–H groups in total. The second kappa shape index (κ2) is 4.87. The highest BCUT2D eigenvalue weighted by atomic mass is 16.5. The lowest BCUT2D eigenvalue weighted by molar-refractivity contribution is -0.149. The predicted molar refractivity (Wildman–Crippen MR) is 66.8 cm³/mol. The fourth-order valence-corrected chi connectivity index (χ4v) is 3.77. The van der Waals surface area contributed by atoms with Gasteiger partial charge in [-0.15, -0.1) is 0 Å². The fourth-order valence-electron chi connectivity index (χ4n) is 3.77. The van der Waals surface area contributed by atoms with Crippen molar-refractivity contribution in [1.82, 2.24) is 0 Å². The first-order valence-corrected chi connectivity index (χ1v) is 7.26. The SMILES string of the molecule is NC(C1CCCOC1)C1CCOC2(CCC2)C1. The number of hydrogen-bond acceptors (Lipinski definition) is 3. The van der Waals surface area contributed by atoms with Gasteiger partial charge in [0.2, 0.25) is 0 Å². The molecule has 2 heterocycles. The second-order valence-electron chi connectivity index (χ2n) is 6.19. The summed E-state index contributed by atoms with van der Waals surface area (Å²) in [6.07, 6.45) is 8.66. The maximum atomic E-state index is 6.49. The molecule has 0 aromatic heterocycles. The molecule has 1 aliphatic carbocycles. The zero-order chi connectivity index (χ0) is 11.7. The third-order valence-corrected chi connectivity index (χ3v) is 5.08. The molecule has 1 spiro atoms. The molecule has 3 rings (SSSR count). The monoisotopic (exact) mass is 239 g/mol. The third-order valence-electron chi connectivity index (χ3n) is 5.08. The van der Waals surface area contributed by atoms with Gasteiger partial charge in [-0.3, -0.25) is 0 Å². The first-order valence-electron chi connectivity index (χ1n) is 7.26. The smallest absolute Gasteiger partial charge is 0.0685 e. The van der Waals surface area contributed by atoms with Crippen LogP contribution in [-0.4, -0.2) is 31.5 Å². The van der Waals surface area contributed by atoms with Crippen molar-refractivity contribution in [2.45, 2.75) is 56.6 Å². The van der Waals surface area contributed by atoms with Crippen LogP contribution in [0, 0.1) is 11.8 Å². The van der Waals surface area contributed by atoms with Gasteiger partial charge in [0, 0.05) is 19.3 Å². The van der Waals surface area contributed by atoms with Crippen LogP contribution in [0.5, 0.6) is 0 Å². The summed E-state index contributed by atoms with van der Waals surface area (Å²) in [5, 5.41) is 0. The van der Waals surface area contributed by atoms with Crippen LogP contribution in [0.25, 0.3) is 0 Å². The van der Waals surface area contributed by atoms with Crippen molar-refractivity contribution in [1.29, 1.82) is 0 Å². The van der Waals surface area contributed by atoms with Crippen LogP contribution in [0.3, 0.4) is 0 Å². The summed E-state index contributed by atoms with van der Waals surface area (Å²) in [5.41, 5.74) is 6.72. The standard InChI is InChI=1S/C14H25NO2/c15-13(12-3-1-7-16-10-12)11-4-8-17-14(9-11)5-2-6-14/h11-13H,1-10,15H2. The minimum absolute atomic E-state index is 0.232. The highest BCUT2D eigenvalue weighted by molar-refractivity contribution is 4.97. The van der Waals surface area contributed by atoms with Crippen molar-refractivity contribution in [3.05, 3.63) is 0 Å². The second-order valence-corrected chi connectivity index (χ2v) is 6.19. The molecule has 0 amide bonds. The molecular weight excluding hydrogens is 214 g/mol. The molecule has 0 bridgehead atoms. The fraction of sp³-hybridized carbons (Fsp3) is 1.00.